The third-order valence-electron chi connectivity index (χ3n) is 2.96. The lowest BCUT2D eigenvalue weighted by atomic mass is 10.1. The molecule has 0 radical (unpaired) electrons. The topological polar surface area (TPSA) is 119 Å². The lowest BCUT2D eigenvalue weighted by Crippen LogP contribution is -2.09. The highest BCUT2D eigenvalue weighted by Crippen LogP contribution is 2.28. The van der Waals surface area contributed by atoms with Crippen molar-refractivity contribution in [3.05, 3.63) is 51.2 Å². The number of oxazole rings is 1. The molecule has 0 atom stereocenters. The normalized spacial score (nSPS) is 10.4. The molecule has 0 aliphatic heterocycles. The van der Waals surface area contributed by atoms with Crippen LogP contribution in [-0.2, 0) is 6.54 Å². The third-order valence-corrected chi connectivity index (χ3v) is 2.96. The largest absolute Gasteiger partial charge is 0.478 e. The van der Waals surface area contributed by atoms with E-state index in [-0.39, 0.29) is 23.5 Å². The fourth-order valence-corrected chi connectivity index (χ4v) is 1.84. The number of hydrogen-bond donors (Lipinski definition) is 2. The Bertz CT molecular complexity index is 656. The number of carboxylic acid groups (broad SMARTS) is 1. The van der Waals surface area contributed by atoms with Crippen molar-refractivity contribution >= 4 is 17.3 Å². The second-order valence-electron chi connectivity index (χ2n) is 4.36. The van der Waals surface area contributed by atoms with Gasteiger partial charge in [0.1, 0.15) is 11.4 Å². The van der Waals surface area contributed by atoms with Gasteiger partial charge in [0.25, 0.3) is 5.69 Å². The Balaban J connectivity index is 2.33. The van der Waals surface area contributed by atoms with Gasteiger partial charge in [-0.15, -0.1) is 0 Å². The number of rotatable bonds is 5. The van der Waals surface area contributed by atoms with E-state index in [2.05, 4.69) is 10.3 Å². The Morgan fingerprint density at radius 1 is 1.48 bits per heavy atom. The zero-order valence-electron chi connectivity index (χ0n) is 11.4. The Labute approximate surface area is 119 Å². The van der Waals surface area contributed by atoms with Crippen LogP contribution in [0.3, 0.4) is 0 Å². The van der Waals surface area contributed by atoms with Crippen molar-refractivity contribution in [2.24, 2.45) is 0 Å². The lowest BCUT2D eigenvalue weighted by molar-refractivity contribution is -0.384. The van der Waals surface area contributed by atoms with Crippen LogP contribution in [0, 0.1) is 24.0 Å². The first kappa shape index (κ1) is 14.5. The molecule has 0 bridgehead atoms. The average Bonchev–Trinajstić information content (AvgIpc) is 2.74. The van der Waals surface area contributed by atoms with E-state index in [1.807, 2.05) is 0 Å². The van der Waals surface area contributed by atoms with Crippen LogP contribution < -0.4 is 5.32 Å². The van der Waals surface area contributed by atoms with Gasteiger partial charge in [-0.1, -0.05) is 6.07 Å². The van der Waals surface area contributed by atoms with Gasteiger partial charge in [-0.25, -0.2) is 9.78 Å². The molecule has 2 N–H and O–H groups in total. The summed E-state index contributed by atoms with van der Waals surface area (Å²) in [5, 5.41) is 22.8. The predicted octanol–water partition coefficient (Wildman–Crippen LogP) is 2.51. The minimum atomic E-state index is -1.25. The number of para-hydroxylation sites is 1. The molecule has 1 heterocycles. The van der Waals surface area contributed by atoms with Gasteiger partial charge in [-0.3, -0.25) is 10.1 Å². The molecule has 110 valence electrons. The Morgan fingerprint density at radius 3 is 2.71 bits per heavy atom. The van der Waals surface area contributed by atoms with Crippen molar-refractivity contribution in [1.29, 1.82) is 0 Å². The van der Waals surface area contributed by atoms with Crippen LogP contribution in [-0.4, -0.2) is 21.0 Å². The summed E-state index contributed by atoms with van der Waals surface area (Å²) in [6.07, 6.45) is 0. The number of aromatic nitrogens is 1. The number of benzene rings is 1. The number of carbonyl (C=O) groups is 1. The SMILES string of the molecule is Cc1nc(CNc2c(C(=O)O)cccc2[N+](=O)[O-])oc1C. The van der Waals surface area contributed by atoms with Crippen LogP contribution in [0.25, 0.3) is 0 Å². The highest BCUT2D eigenvalue weighted by molar-refractivity contribution is 5.96. The van der Waals surface area contributed by atoms with Gasteiger partial charge in [0, 0.05) is 6.07 Å². The third kappa shape index (κ3) is 2.99. The Hall–Kier alpha value is -2.90. The molecule has 0 aliphatic carbocycles. The number of aromatic carboxylic acids is 1. The monoisotopic (exact) mass is 291 g/mol. The van der Waals surface area contributed by atoms with Crippen LogP contribution in [0.1, 0.15) is 27.7 Å². The fourth-order valence-electron chi connectivity index (χ4n) is 1.84. The highest BCUT2D eigenvalue weighted by atomic mass is 16.6. The molecule has 21 heavy (non-hydrogen) atoms. The molecule has 0 saturated heterocycles. The maximum absolute atomic E-state index is 11.2. The number of hydrogen-bond acceptors (Lipinski definition) is 6. The second kappa shape index (κ2) is 5.61. The molecule has 0 fully saturated rings. The number of nitro groups is 1. The van der Waals surface area contributed by atoms with Crippen LogP contribution in [0.15, 0.2) is 22.6 Å². The minimum absolute atomic E-state index is 0.0554. The molecule has 8 heteroatoms. The van der Waals surface area contributed by atoms with Gasteiger partial charge < -0.3 is 14.8 Å². The number of nitrogens with one attached hydrogen (secondary N) is 1. The quantitative estimate of drug-likeness (QED) is 0.641. The first-order valence-electron chi connectivity index (χ1n) is 6.07. The first-order chi connectivity index (χ1) is 9.90. The molecule has 1 aromatic heterocycles. The van der Waals surface area contributed by atoms with Crippen molar-refractivity contribution in [1.82, 2.24) is 4.98 Å². The van der Waals surface area contributed by atoms with E-state index in [1.54, 1.807) is 13.8 Å². The molecular weight excluding hydrogens is 278 g/mol. The number of carboxylic acids is 1. The maximum Gasteiger partial charge on any atom is 0.338 e. The summed E-state index contributed by atoms with van der Waals surface area (Å²) in [6, 6.07) is 3.86. The highest BCUT2D eigenvalue weighted by Gasteiger charge is 2.21. The maximum atomic E-state index is 11.2. The van der Waals surface area contributed by atoms with Crippen molar-refractivity contribution < 1.29 is 19.2 Å². The first-order valence-corrected chi connectivity index (χ1v) is 6.07. The van der Waals surface area contributed by atoms with Crippen molar-refractivity contribution in [2.45, 2.75) is 20.4 Å². The molecule has 2 rings (SSSR count). The molecule has 0 unspecified atom stereocenters. The Morgan fingerprint density at radius 2 is 2.19 bits per heavy atom. The molecule has 0 saturated carbocycles. The van der Waals surface area contributed by atoms with Crippen LogP contribution >= 0.6 is 0 Å². The second-order valence-corrected chi connectivity index (χ2v) is 4.36. The van der Waals surface area contributed by atoms with Crippen molar-refractivity contribution in [2.75, 3.05) is 5.32 Å². The number of aryl methyl sites for hydroxylation is 2. The van der Waals surface area contributed by atoms with Gasteiger partial charge >= 0.3 is 5.97 Å². The minimum Gasteiger partial charge on any atom is -0.478 e. The van der Waals surface area contributed by atoms with E-state index < -0.39 is 10.9 Å². The smallest absolute Gasteiger partial charge is 0.338 e. The van der Waals surface area contributed by atoms with E-state index in [1.165, 1.54) is 18.2 Å². The molecule has 0 aliphatic rings. The summed E-state index contributed by atoms with van der Waals surface area (Å²) in [6.45, 7) is 3.58. The summed E-state index contributed by atoms with van der Waals surface area (Å²) in [4.78, 5) is 25.7. The number of nitro benzene ring substituents is 1. The molecule has 0 spiro atoms. The summed E-state index contributed by atoms with van der Waals surface area (Å²) in [5.74, 6) is -0.270. The van der Waals surface area contributed by atoms with Crippen LogP contribution in [0.4, 0.5) is 11.4 Å². The summed E-state index contributed by atoms with van der Waals surface area (Å²) in [7, 11) is 0. The summed E-state index contributed by atoms with van der Waals surface area (Å²) in [5.41, 5.74) is 0.162. The van der Waals surface area contributed by atoms with E-state index in [9.17, 15) is 14.9 Å². The standard InChI is InChI=1S/C13H13N3O5/c1-7-8(2)21-11(15-7)6-14-12-9(13(17)18)4-3-5-10(12)16(19)20/h3-5,14H,6H2,1-2H3,(H,17,18). The van der Waals surface area contributed by atoms with Gasteiger partial charge in [0.2, 0.25) is 5.89 Å². The lowest BCUT2D eigenvalue weighted by Gasteiger charge is -2.08. The Kier molecular flexibility index (Phi) is 3.88. The van der Waals surface area contributed by atoms with Gasteiger partial charge in [0.15, 0.2) is 0 Å². The molecule has 8 nitrogen and oxygen atoms in total. The van der Waals surface area contributed by atoms with Gasteiger partial charge in [-0.05, 0) is 19.9 Å². The van der Waals surface area contributed by atoms with E-state index in [0.717, 1.165) is 0 Å². The van der Waals surface area contributed by atoms with Crippen molar-refractivity contribution in [3.63, 3.8) is 0 Å². The van der Waals surface area contributed by atoms with E-state index in [0.29, 0.717) is 17.3 Å². The van der Waals surface area contributed by atoms with Crippen LogP contribution in [0.2, 0.25) is 0 Å². The van der Waals surface area contributed by atoms with Crippen LogP contribution in [0.5, 0.6) is 0 Å². The van der Waals surface area contributed by atoms with Gasteiger partial charge in [-0.2, -0.15) is 0 Å². The molecular formula is C13H13N3O5. The van der Waals surface area contributed by atoms with E-state index >= 15 is 0 Å². The summed E-state index contributed by atoms with van der Waals surface area (Å²) >= 11 is 0. The molecule has 1 aromatic carbocycles. The predicted molar refractivity (Wildman–Crippen MR) is 73.4 cm³/mol. The molecule has 0 amide bonds. The average molecular weight is 291 g/mol. The summed E-state index contributed by atoms with van der Waals surface area (Å²) < 4.78 is 5.35. The zero-order chi connectivity index (χ0) is 15.6. The molecule has 2 aromatic rings. The number of anilines is 1. The zero-order valence-corrected chi connectivity index (χ0v) is 11.4. The van der Waals surface area contributed by atoms with Crippen molar-refractivity contribution in [3.8, 4) is 0 Å². The van der Waals surface area contributed by atoms with Gasteiger partial charge in [0.05, 0.1) is 22.7 Å². The van der Waals surface area contributed by atoms with E-state index in [4.69, 9.17) is 9.52 Å². The fraction of sp³-hybridized carbons (Fsp3) is 0.231. The number of nitrogens with zero attached hydrogens (tertiary/aromatic N) is 2.